The predicted molar refractivity (Wildman–Crippen MR) is 88.9 cm³/mol. The topological polar surface area (TPSA) is 49.4 Å². The smallest absolute Gasteiger partial charge is 0.252 e. The molecular formula is C16H18FIN2O2. The number of rotatable bonds is 3. The zero-order valence-electron chi connectivity index (χ0n) is 12.1. The van der Waals surface area contributed by atoms with Crippen molar-refractivity contribution in [3.8, 4) is 0 Å². The minimum Gasteiger partial charge on any atom is -0.349 e. The maximum atomic E-state index is 13.1. The number of likely N-dealkylation sites (tertiary alicyclic amines) is 1. The fraction of sp³-hybridized carbons (Fsp3) is 0.500. The van der Waals surface area contributed by atoms with Crippen molar-refractivity contribution >= 4 is 34.4 Å². The second kappa shape index (κ2) is 6.52. The number of halogens is 2. The van der Waals surface area contributed by atoms with Gasteiger partial charge in [-0.05, 0) is 66.5 Å². The van der Waals surface area contributed by atoms with Gasteiger partial charge in [0.05, 0.1) is 5.56 Å². The number of hydrogen-bond donors (Lipinski definition) is 1. The molecule has 0 atom stereocenters. The van der Waals surface area contributed by atoms with Gasteiger partial charge in [-0.2, -0.15) is 0 Å². The van der Waals surface area contributed by atoms with Gasteiger partial charge in [-0.1, -0.05) is 0 Å². The van der Waals surface area contributed by atoms with Crippen LogP contribution in [0.4, 0.5) is 4.39 Å². The lowest BCUT2D eigenvalue weighted by Gasteiger charge is -2.32. The molecule has 0 bridgehead atoms. The Kier molecular flexibility index (Phi) is 4.65. The number of nitrogens with zero attached hydrogens (tertiary/aromatic N) is 1. The molecule has 1 aliphatic heterocycles. The van der Waals surface area contributed by atoms with Crippen molar-refractivity contribution < 1.29 is 14.0 Å². The standard InChI is InChI=1S/C16H18FIN2O2/c17-11-3-4-13(14(18)9-11)15(21)19-12-5-7-20(8-6-12)16(22)10-1-2-10/h3-4,9-10,12H,1-2,5-8H2,(H,19,21). The van der Waals surface area contributed by atoms with Crippen LogP contribution in [0, 0.1) is 15.3 Å². The molecular weight excluding hydrogens is 398 g/mol. The van der Waals surface area contributed by atoms with Crippen molar-refractivity contribution in [2.24, 2.45) is 5.92 Å². The fourth-order valence-corrected chi connectivity index (χ4v) is 3.49. The van der Waals surface area contributed by atoms with E-state index in [1.165, 1.54) is 18.2 Å². The Hall–Kier alpha value is -1.18. The Labute approximate surface area is 142 Å². The van der Waals surface area contributed by atoms with Crippen molar-refractivity contribution in [2.45, 2.75) is 31.7 Å². The van der Waals surface area contributed by atoms with Crippen LogP contribution in [0.5, 0.6) is 0 Å². The molecule has 1 aliphatic carbocycles. The molecule has 2 fully saturated rings. The molecule has 1 aromatic carbocycles. The average Bonchev–Trinajstić information content (AvgIpc) is 3.31. The van der Waals surface area contributed by atoms with Gasteiger partial charge in [0.25, 0.3) is 5.91 Å². The number of carbonyl (C=O) groups is 2. The highest BCUT2D eigenvalue weighted by Gasteiger charge is 2.35. The van der Waals surface area contributed by atoms with E-state index < -0.39 is 0 Å². The molecule has 4 nitrogen and oxygen atoms in total. The lowest BCUT2D eigenvalue weighted by molar-refractivity contribution is -0.133. The summed E-state index contributed by atoms with van der Waals surface area (Å²) in [6, 6.07) is 4.25. The van der Waals surface area contributed by atoms with Crippen LogP contribution in [0.3, 0.4) is 0 Å². The normalized spacial score (nSPS) is 19.1. The molecule has 1 heterocycles. The maximum absolute atomic E-state index is 13.1. The zero-order chi connectivity index (χ0) is 15.7. The van der Waals surface area contributed by atoms with E-state index in [4.69, 9.17) is 0 Å². The molecule has 0 radical (unpaired) electrons. The monoisotopic (exact) mass is 416 g/mol. The zero-order valence-corrected chi connectivity index (χ0v) is 14.3. The lowest BCUT2D eigenvalue weighted by Crippen LogP contribution is -2.47. The molecule has 2 aliphatic rings. The number of nitrogens with one attached hydrogen (secondary N) is 1. The van der Waals surface area contributed by atoms with E-state index in [0.717, 1.165) is 25.7 Å². The van der Waals surface area contributed by atoms with Gasteiger partial charge in [0.15, 0.2) is 0 Å². The number of piperidine rings is 1. The molecule has 2 amide bonds. The Morgan fingerprint density at radius 2 is 1.86 bits per heavy atom. The first-order chi connectivity index (χ1) is 10.5. The molecule has 0 unspecified atom stereocenters. The largest absolute Gasteiger partial charge is 0.349 e. The number of benzene rings is 1. The summed E-state index contributed by atoms with van der Waals surface area (Å²) in [5.74, 6) is 0.0222. The van der Waals surface area contributed by atoms with Gasteiger partial charge >= 0.3 is 0 Å². The van der Waals surface area contributed by atoms with Gasteiger partial charge in [0.2, 0.25) is 5.91 Å². The molecule has 0 aromatic heterocycles. The van der Waals surface area contributed by atoms with Crippen LogP contribution in [0.25, 0.3) is 0 Å². The summed E-state index contributed by atoms with van der Waals surface area (Å²) in [4.78, 5) is 26.2. The van der Waals surface area contributed by atoms with Gasteiger partial charge in [0.1, 0.15) is 5.82 Å². The Morgan fingerprint density at radius 3 is 2.45 bits per heavy atom. The number of amides is 2. The van der Waals surface area contributed by atoms with E-state index in [2.05, 4.69) is 5.32 Å². The molecule has 22 heavy (non-hydrogen) atoms. The molecule has 1 N–H and O–H groups in total. The van der Waals surface area contributed by atoms with Crippen LogP contribution in [0.2, 0.25) is 0 Å². The summed E-state index contributed by atoms with van der Waals surface area (Å²) in [7, 11) is 0. The summed E-state index contributed by atoms with van der Waals surface area (Å²) >= 11 is 1.97. The van der Waals surface area contributed by atoms with Gasteiger partial charge in [-0.25, -0.2) is 4.39 Å². The van der Waals surface area contributed by atoms with Gasteiger partial charge in [-0.15, -0.1) is 0 Å². The Balaban J connectivity index is 1.53. The molecule has 118 valence electrons. The van der Waals surface area contributed by atoms with E-state index in [9.17, 15) is 14.0 Å². The molecule has 1 aromatic rings. The first-order valence-electron chi connectivity index (χ1n) is 7.59. The van der Waals surface area contributed by atoms with Crippen LogP contribution in [0.1, 0.15) is 36.0 Å². The van der Waals surface area contributed by atoms with E-state index in [0.29, 0.717) is 22.2 Å². The van der Waals surface area contributed by atoms with Gasteiger partial charge in [-0.3, -0.25) is 9.59 Å². The van der Waals surface area contributed by atoms with Crippen molar-refractivity contribution in [3.05, 3.63) is 33.1 Å². The third-order valence-corrected chi connectivity index (χ3v) is 5.14. The van der Waals surface area contributed by atoms with E-state index in [1.54, 1.807) is 0 Å². The molecule has 1 saturated carbocycles. The lowest BCUT2D eigenvalue weighted by atomic mass is 10.0. The van der Waals surface area contributed by atoms with Crippen molar-refractivity contribution in [2.75, 3.05) is 13.1 Å². The highest BCUT2D eigenvalue weighted by Crippen LogP contribution is 2.31. The van der Waals surface area contributed by atoms with Crippen LogP contribution in [0.15, 0.2) is 18.2 Å². The summed E-state index contributed by atoms with van der Waals surface area (Å²) in [6.45, 7) is 1.42. The van der Waals surface area contributed by atoms with Crippen LogP contribution in [-0.4, -0.2) is 35.8 Å². The van der Waals surface area contributed by atoms with Crippen LogP contribution >= 0.6 is 22.6 Å². The summed E-state index contributed by atoms with van der Waals surface area (Å²) in [6.07, 6.45) is 3.61. The first-order valence-corrected chi connectivity index (χ1v) is 8.67. The molecule has 3 rings (SSSR count). The highest BCUT2D eigenvalue weighted by molar-refractivity contribution is 14.1. The van der Waals surface area contributed by atoms with Gasteiger partial charge < -0.3 is 10.2 Å². The van der Waals surface area contributed by atoms with Crippen LogP contribution in [-0.2, 0) is 4.79 Å². The highest BCUT2D eigenvalue weighted by atomic mass is 127. The summed E-state index contributed by atoms with van der Waals surface area (Å²) in [5.41, 5.74) is 0.499. The first kappa shape index (κ1) is 15.7. The Bertz CT molecular complexity index is 596. The van der Waals surface area contributed by atoms with Crippen LogP contribution < -0.4 is 5.32 Å². The second-order valence-electron chi connectivity index (χ2n) is 5.97. The minimum absolute atomic E-state index is 0.0802. The summed E-state index contributed by atoms with van der Waals surface area (Å²) in [5, 5.41) is 3.00. The third kappa shape index (κ3) is 3.59. The van der Waals surface area contributed by atoms with E-state index in [-0.39, 0.29) is 29.6 Å². The van der Waals surface area contributed by atoms with Gasteiger partial charge in [0, 0.05) is 28.6 Å². The summed E-state index contributed by atoms with van der Waals surface area (Å²) < 4.78 is 13.7. The maximum Gasteiger partial charge on any atom is 0.252 e. The quantitative estimate of drug-likeness (QED) is 0.771. The third-order valence-electron chi connectivity index (χ3n) is 4.24. The number of carbonyl (C=O) groups excluding carboxylic acids is 2. The Morgan fingerprint density at radius 1 is 1.18 bits per heavy atom. The number of hydrogen-bond acceptors (Lipinski definition) is 2. The van der Waals surface area contributed by atoms with E-state index in [1.807, 2.05) is 27.5 Å². The SMILES string of the molecule is O=C(NC1CCN(C(=O)C2CC2)CC1)c1ccc(F)cc1I. The van der Waals surface area contributed by atoms with E-state index >= 15 is 0 Å². The molecule has 1 saturated heterocycles. The minimum atomic E-state index is -0.340. The fourth-order valence-electron chi connectivity index (χ4n) is 2.77. The van der Waals surface area contributed by atoms with Crippen molar-refractivity contribution in [3.63, 3.8) is 0 Å². The van der Waals surface area contributed by atoms with Crippen molar-refractivity contribution in [1.29, 1.82) is 0 Å². The molecule has 0 spiro atoms. The molecule has 6 heteroatoms. The average molecular weight is 416 g/mol. The van der Waals surface area contributed by atoms with Crippen molar-refractivity contribution in [1.82, 2.24) is 10.2 Å². The second-order valence-corrected chi connectivity index (χ2v) is 7.13. The predicted octanol–water partition coefficient (Wildman–Crippen LogP) is 2.56.